The number of ketones is 1. The molecule has 0 aromatic carbocycles. The molecule has 0 radical (unpaired) electrons. The van der Waals surface area contributed by atoms with Crippen molar-refractivity contribution >= 4 is 23.4 Å². The smallest absolute Gasteiger partial charge is 0.319 e. The van der Waals surface area contributed by atoms with Gasteiger partial charge in [-0.2, -0.15) is 0 Å². The first-order chi connectivity index (χ1) is 10.3. The molecule has 1 heterocycles. The minimum absolute atomic E-state index is 0.0172. The molecule has 0 unspecified atom stereocenters. The summed E-state index contributed by atoms with van der Waals surface area (Å²) < 4.78 is 5.44. The van der Waals surface area contributed by atoms with Gasteiger partial charge in [0, 0.05) is 17.7 Å². The number of Topliss-reactive ketones (excluding diaryl/α,β-unsaturated/α-hetero) is 1. The van der Waals surface area contributed by atoms with Crippen LogP contribution in [0.5, 0.6) is 0 Å². The minimum atomic E-state index is -1.11. The topological polar surface area (TPSA) is 63.6 Å². The van der Waals surface area contributed by atoms with Crippen molar-refractivity contribution in [3.05, 3.63) is 12.2 Å². The Labute approximate surface area is 135 Å². The molecule has 1 saturated heterocycles. The summed E-state index contributed by atoms with van der Waals surface area (Å²) in [5.41, 5.74) is -2.53. The predicted molar refractivity (Wildman–Crippen MR) is 82.5 cm³/mol. The van der Waals surface area contributed by atoms with Gasteiger partial charge in [0.25, 0.3) is 0 Å². The van der Waals surface area contributed by atoms with E-state index in [1.54, 1.807) is 6.92 Å². The van der Waals surface area contributed by atoms with Gasteiger partial charge < -0.3 is 9.84 Å². The molecule has 1 aliphatic heterocycles. The van der Waals surface area contributed by atoms with E-state index in [0.29, 0.717) is 12.3 Å². The van der Waals surface area contributed by atoms with E-state index in [2.05, 4.69) is 6.08 Å². The molecule has 0 bridgehead atoms. The van der Waals surface area contributed by atoms with Crippen molar-refractivity contribution in [3.63, 3.8) is 0 Å². The van der Waals surface area contributed by atoms with Gasteiger partial charge in [0.1, 0.15) is 16.8 Å². The molecule has 3 rings (SSSR count). The summed E-state index contributed by atoms with van der Waals surface area (Å²) in [6.45, 7) is 3.75. The maximum atomic E-state index is 12.5. The number of hydrogen-bond donors (Lipinski definition) is 1. The van der Waals surface area contributed by atoms with Gasteiger partial charge in [-0.1, -0.05) is 19.1 Å². The molecule has 5 heteroatoms. The fraction of sp³-hybridized carbons (Fsp3) is 0.765. The number of allylic oxidation sites excluding steroid dienone is 1. The third kappa shape index (κ3) is 1.80. The third-order valence-electron chi connectivity index (χ3n) is 6.14. The van der Waals surface area contributed by atoms with Crippen LogP contribution < -0.4 is 0 Å². The molecule has 1 N–H and O–H groups in total. The molecule has 22 heavy (non-hydrogen) atoms. The Balaban J connectivity index is 2.00. The maximum absolute atomic E-state index is 12.5. The molecule has 0 aromatic rings. The van der Waals surface area contributed by atoms with E-state index in [-0.39, 0.29) is 12.2 Å². The largest absolute Gasteiger partial charge is 0.457 e. The Kier molecular flexibility index (Phi) is 3.69. The van der Waals surface area contributed by atoms with E-state index in [1.807, 2.05) is 13.0 Å². The van der Waals surface area contributed by atoms with Gasteiger partial charge in [0.2, 0.25) is 0 Å². The summed E-state index contributed by atoms with van der Waals surface area (Å²) in [7, 11) is 0. The Bertz CT molecular complexity index is 545. The Hall–Kier alpha value is -0.870. The van der Waals surface area contributed by atoms with Gasteiger partial charge in [-0.15, -0.1) is 11.6 Å². The van der Waals surface area contributed by atoms with Crippen LogP contribution in [-0.2, 0) is 14.3 Å². The minimum Gasteiger partial charge on any atom is -0.457 e. The van der Waals surface area contributed by atoms with Crippen LogP contribution in [0, 0.1) is 16.7 Å². The van der Waals surface area contributed by atoms with Crippen molar-refractivity contribution in [2.45, 2.75) is 57.7 Å². The monoisotopic (exact) mass is 326 g/mol. The molecule has 4 nitrogen and oxygen atoms in total. The average molecular weight is 327 g/mol. The maximum Gasteiger partial charge on any atom is 0.319 e. The molecule has 1 saturated carbocycles. The lowest BCUT2D eigenvalue weighted by Crippen LogP contribution is -2.71. The van der Waals surface area contributed by atoms with Gasteiger partial charge in [-0.3, -0.25) is 9.59 Å². The number of rotatable bonds is 4. The molecule has 5 atom stereocenters. The van der Waals surface area contributed by atoms with Gasteiger partial charge in [0.15, 0.2) is 0 Å². The summed E-state index contributed by atoms with van der Waals surface area (Å²) in [5.74, 6) is -0.523. The second-order valence-corrected chi connectivity index (χ2v) is 7.72. The quantitative estimate of drug-likeness (QED) is 0.490. The molecular weight excluding hydrogens is 304 g/mol. The highest BCUT2D eigenvalue weighted by molar-refractivity contribution is 6.18. The van der Waals surface area contributed by atoms with Gasteiger partial charge >= 0.3 is 5.97 Å². The second kappa shape index (κ2) is 5.07. The number of halogens is 1. The van der Waals surface area contributed by atoms with E-state index >= 15 is 0 Å². The zero-order valence-electron chi connectivity index (χ0n) is 13.1. The molecule has 3 aliphatic rings. The van der Waals surface area contributed by atoms with E-state index < -0.39 is 34.4 Å². The number of ether oxygens (including phenoxy) is 1. The summed E-state index contributed by atoms with van der Waals surface area (Å²) in [6, 6.07) is 0. The van der Waals surface area contributed by atoms with Gasteiger partial charge in [-0.25, -0.2) is 0 Å². The Morgan fingerprint density at radius 2 is 2.18 bits per heavy atom. The first-order valence-corrected chi connectivity index (χ1v) is 8.53. The predicted octanol–water partition coefficient (Wildman–Crippen LogP) is 2.61. The first kappa shape index (κ1) is 16.0. The lowest BCUT2D eigenvalue weighted by molar-refractivity contribution is -0.268. The molecule has 2 fully saturated rings. The number of carbonyl (C=O) groups excluding carboxylic acids is 2. The molecule has 2 aliphatic carbocycles. The van der Waals surface area contributed by atoms with E-state index in [1.165, 1.54) is 0 Å². The number of carbonyl (C=O) groups is 2. The van der Waals surface area contributed by atoms with Crippen LogP contribution in [0.3, 0.4) is 0 Å². The third-order valence-corrected chi connectivity index (χ3v) is 6.35. The summed E-state index contributed by atoms with van der Waals surface area (Å²) in [6.07, 6.45) is 6.46. The fourth-order valence-electron chi connectivity index (χ4n) is 4.72. The highest BCUT2D eigenvalue weighted by Gasteiger charge is 2.79. The Morgan fingerprint density at radius 3 is 2.73 bits per heavy atom. The number of aliphatic hydroxyl groups is 1. The van der Waals surface area contributed by atoms with Crippen molar-refractivity contribution in [2.24, 2.45) is 16.7 Å². The zero-order chi connectivity index (χ0) is 16.2. The lowest BCUT2D eigenvalue weighted by atomic mass is 9.56. The molecular formula is C17H23ClO4. The number of hydrogen-bond acceptors (Lipinski definition) is 4. The van der Waals surface area contributed by atoms with Crippen LogP contribution in [0.15, 0.2) is 12.2 Å². The number of esters is 1. The van der Waals surface area contributed by atoms with E-state index in [9.17, 15) is 14.7 Å². The average Bonchev–Trinajstić information content (AvgIpc) is 2.65. The normalized spacial score (nSPS) is 45.2. The molecule has 0 aromatic heterocycles. The zero-order valence-corrected chi connectivity index (χ0v) is 13.9. The van der Waals surface area contributed by atoms with Crippen LogP contribution in [0.4, 0.5) is 0 Å². The second-order valence-electron chi connectivity index (χ2n) is 7.34. The van der Waals surface area contributed by atoms with Crippen molar-refractivity contribution in [2.75, 3.05) is 5.88 Å². The number of alkyl halides is 1. The van der Waals surface area contributed by atoms with E-state index in [0.717, 1.165) is 19.3 Å². The van der Waals surface area contributed by atoms with Crippen molar-refractivity contribution in [3.8, 4) is 0 Å². The number of aliphatic hydroxyl groups excluding tert-OH is 1. The highest BCUT2D eigenvalue weighted by atomic mass is 35.5. The SMILES string of the molecule is C[C@@]12OC(=O)[C@]1([C@@H](O)[C@]1(C)C=CCCC1)CC(=O)[C@@H]2CCCl. The summed E-state index contributed by atoms with van der Waals surface area (Å²) >= 11 is 5.82. The molecule has 0 spiro atoms. The highest BCUT2D eigenvalue weighted by Crippen LogP contribution is 2.64. The van der Waals surface area contributed by atoms with Crippen molar-refractivity contribution in [1.82, 2.24) is 0 Å². The Morgan fingerprint density at radius 1 is 1.45 bits per heavy atom. The summed E-state index contributed by atoms with van der Waals surface area (Å²) in [5, 5.41) is 11.1. The van der Waals surface area contributed by atoms with Crippen LogP contribution in [0.1, 0.15) is 46.0 Å². The van der Waals surface area contributed by atoms with Crippen LogP contribution >= 0.6 is 11.6 Å². The molecule has 122 valence electrons. The number of fused-ring (bicyclic) bond motifs is 1. The van der Waals surface area contributed by atoms with Crippen LogP contribution in [-0.4, -0.2) is 34.4 Å². The fourth-order valence-corrected chi connectivity index (χ4v) is 4.94. The van der Waals surface area contributed by atoms with E-state index in [4.69, 9.17) is 16.3 Å². The van der Waals surface area contributed by atoms with Crippen LogP contribution in [0.2, 0.25) is 0 Å². The van der Waals surface area contributed by atoms with Crippen LogP contribution in [0.25, 0.3) is 0 Å². The van der Waals surface area contributed by atoms with Gasteiger partial charge in [-0.05, 0) is 32.6 Å². The van der Waals surface area contributed by atoms with Gasteiger partial charge in [0.05, 0.1) is 12.0 Å². The van der Waals surface area contributed by atoms with Crippen molar-refractivity contribution < 1.29 is 19.4 Å². The standard InChI is InChI=1S/C17H23ClO4/c1-15(7-4-3-5-8-15)13(20)17-10-12(19)11(6-9-18)16(17,2)22-14(17)21/h4,7,11,13,20H,3,5-6,8-10H2,1-2H3/t11-,13-,15+,16-,17+/m0/s1. The lowest BCUT2D eigenvalue weighted by Gasteiger charge is -2.57. The first-order valence-electron chi connectivity index (χ1n) is 8.00. The van der Waals surface area contributed by atoms with Crippen molar-refractivity contribution in [1.29, 1.82) is 0 Å². The summed E-state index contributed by atoms with van der Waals surface area (Å²) in [4.78, 5) is 24.8. The molecule has 0 amide bonds.